The van der Waals surface area contributed by atoms with Gasteiger partial charge in [0.2, 0.25) is 5.89 Å². The van der Waals surface area contributed by atoms with Gasteiger partial charge in [0.25, 0.3) is 0 Å². The molecule has 0 aliphatic rings. The standard InChI is InChI=1S/C13H7ClN4O/c14-9-3-6-12-11(7-9)16-13(19-12)8-1-4-10(5-2-8)17-18-15/h1-7H. The van der Waals surface area contributed by atoms with Crippen LogP contribution < -0.4 is 0 Å². The molecule has 3 aromatic rings. The zero-order valence-electron chi connectivity index (χ0n) is 9.62. The number of nitrogens with zero attached hydrogens (tertiary/aromatic N) is 4. The van der Waals surface area contributed by atoms with Crippen molar-refractivity contribution in [2.45, 2.75) is 0 Å². The largest absolute Gasteiger partial charge is 0.436 e. The summed E-state index contributed by atoms with van der Waals surface area (Å²) >= 11 is 5.90. The molecule has 2 aromatic carbocycles. The van der Waals surface area contributed by atoms with Gasteiger partial charge in [-0.1, -0.05) is 28.8 Å². The Kier molecular flexibility index (Phi) is 2.83. The first-order valence-corrected chi connectivity index (χ1v) is 5.86. The van der Waals surface area contributed by atoms with Crippen molar-refractivity contribution < 1.29 is 4.42 Å². The summed E-state index contributed by atoms with van der Waals surface area (Å²) in [6.45, 7) is 0. The molecule has 0 unspecified atom stereocenters. The fourth-order valence-corrected chi connectivity index (χ4v) is 1.91. The predicted molar refractivity (Wildman–Crippen MR) is 73.3 cm³/mol. The summed E-state index contributed by atoms with van der Waals surface area (Å²) in [7, 11) is 0. The molecular formula is C13H7ClN4O. The molecule has 0 aliphatic heterocycles. The number of fused-ring (bicyclic) bond motifs is 1. The second-order valence-corrected chi connectivity index (χ2v) is 4.30. The second-order valence-electron chi connectivity index (χ2n) is 3.87. The molecule has 19 heavy (non-hydrogen) atoms. The number of hydrogen-bond donors (Lipinski definition) is 0. The van der Waals surface area contributed by atoms with E-state index in [4.69, 9.17) is 21.5 Å². The maximum atomic E-state index is 8.34. The van der Waals surface area contributed by atoms with Gasteiger partial charge in [0.05, 0.1) is 0 Å². The topological polar surface area (TPSA) is 74.8 Å². The van der Waals surface area contributed by atoms with Gasteiger partial charge in [-0.3, -0.25) is 0 Å². The van der Waals surface area contributed by atoms with Crippen molar-refractivity contribution in [3.05, 3.63) is 57.9 Å². The quantitative estimate of drug-likeness (QED) is 0.369. The van der Waals surface area contributed by atoms with Crippen molar-refractivity contribution in [2.24, 2.45) is 5.11 Å². The van der Waals surface area contributed by atoms with Crippen molar-refractivity contribution in [1.29, 1.82) is 0 Å². The molecule has 0 fully saturated rings. The lowest BCUT2D eigenvalue weighted by Crippen LogP contribution is -1.75. The number of hydrogen-bond acceptors (Lipinski definition) is 3. The van der Waals surface area contributed by atoms with E-state index in [1.165, 1.54) is 0 Å². The molecule has 0 bridgehead atoms. The van der Waals surface area contributed by atoms with E-state index in [-0.39, 0.29) is 0 Å². The highest BCUT2D eigenvalue weighted by Gasteiger charge is 2.08. The van der Waals surface area contributed by atoms with Crippen LogP contribution in [0.1, 0.15) is 0 Å². The van der Waals surface area contributed by atoms with E-state index in [0.29, 0.717) is 27.7 Å². The Hall–Kier alpha value is -2.49. The zero-order chi connectivity index (χ0) is 13.2. The Bertz CT molecular complexity index is 788. The molecule has 0 saturated heterocycles. The van der Waals surface area contributed by atoms with E-state index < -0.39 is 0 Å². The van der Waals surface area contributed by atoms with Gasteiger partial charge in [-0.05, 0) is 35.9 Å². The summed E-state index contributed by atoms with van der Waals surface area (Å²) in [5.74, 6) is 0.504. The smallest absolute Gasteiger partial charge is 0.227 e. The van der Waals surface area contributed by atoms with Gasteiger partial charge >= 0.3 is 0 Å². The fraction of sp³-hybridized carbons (Fsp3) is 0. The highest BCUT2D eigenvalue weighted by Crippen LogP contribution is 2.27. The highest BCUT2D eigenvalue weighted by molar-refractivity contribution is 6.31. The highest BCUT2D eigenvalue weighted by atomic mass is 35.5. The van der Waals surface area contributed by atoms with E-state index in [9.17, 15) is 0 Å². The lowest BCUT2D eigenvalue weighted by Gasteiger charge is -1.95. The molecule has 0 N–H and O–H groups in total. The van der Waals surface area contributed by atoms with Gasteiger partial charge < -0.3 is 4.42 Å². The van der Waals surface area contributed by atoms with Gasteiger partial charge in [-0.25, -0.2) is 4.98 Å². The maximum Gasteiger partial charge on any atom is 0.227 e. The van der Waals surface area contributed by atoms with Crippen LogP contribution >= 0.6 is 11.6 Å². The monoisotopic (exact) mass is 270 g/mol. The lowest BCUT2D eigenvalue weighted by molar-refractivity contribution is 0.620. The molecule has 6 heteroatoms. The molecule has 3 rings (SSSR count). The Morgan fingerprint density at radius 1 is 1.16 bits per heavy atom. The summed E-state index contributed by atoms with van der Waals surface area (Å²) in [6, 6.07) is 12.3. The molecule has 0 saturated carbocycles. The average Bonchev–Trinajstić information content (AvgIpc) is 2.83. The van der Waals surface area contributed by atoms with Gasteiger partial charge in [-0.15, -0.1) is 0 Å². The van der Waals surface area contributed by atoms with Crippen LogP contribution in [0.15, 0.2) is 52.0 Å². The SMILES string of the molecule is [N-]=[N+]=Nc1ccc(-c2nc3cc(Cl)ccc3o2)cc1. The summed E-state index contributed by atoms with van der Waals surface area (Å²) in [5.41, 5.74) is 11.1. The minimum absolute atomic E-state index is 0.504. The number of oxazole rings is 1. The molecule has 0 spiro atoms. The average molecular weight is 271 g/mol. The Morgan fingerprint density at radius 2 is 1.95 bits per heavy atom. The third-order valence-corrected chi connectivity index (χ3v) is 2.86. The van der Waals surface area contributed by atoms with Crippen molar-refractivity contribution in [1.82, 2.24) is 4.98 Å². The van der Waals surface area contributed by atoms with Crippen LogP contribution in [0.25, 0.3) is 33.0 Å². The van der Waals surface area contributed by atoms with E-state index in [2.05, 4.69) is 15.0 Å². The molecule has 0 radical (unpaired) electrons. The molecule has 5 nitrogen and oxygen atoms in total. The number of aromatic nitrogens is 1. The van der Waals surface area contributed by atoms with E-state index in [1.807, 2.05) is 0 Å². The normalized spacial score (nSPS) is 10.4. The van der Waals surface area contributed by atoms with Crippen LogP contribution in [0.5, 0.6) is 0 Å². The third kappa shape index (κ3) is 2.25. The minimum atomic E-state index is 0.504. The first-order valence-electron chi connectivity index (χ1n) is 5.48. The Balaban J connectivity index is 2.05. The molecule has 1 aromatic heterocycles. The molecule has 0 aliphatic carbocycles. The van der Waals surface area contributed by atoms with Crippen LogP contribution in [0.3, 0.4) is 0 Å². The van der Waals surface area contributed by atoms with Gasteiger partial charge in [0.15, 0.2) is 5.58 Å². The molecule has 0 atom stereocenters. The van der Waals surface area contributed by atoms with Crippen molar-refractivity contribution in [3.8, 4) is 11.5 Å². The van der Waals surface area contributed by atoms with Gasteiger partial charge in [-0.2, -0.15) is 0 Å². The fourth-order valence-electron chi connectivity index (χ4n) is 1.75. The van der Waals surface area contributed by atoms with Crippen LogP contribution in [-0.4, -0.2) is 4.98 Å². The summed E-state index contributed by atoms with van der Waals surface area (Å²) in [6.07, 6.45) is 0. The molecule has 0 amide bonds. The first-order chi connectivity index (χ1) is 9.26. The van der Waals surface area contributed by atoms with Crippen molar-refractivity contribution in [3.63, 3.8) is 0 Å². The summed E-state index contributed by atoms with van der Waals surface area (Å²) in [4.78, 5) is 7.09. The maximum absolute atomic E-state index is 8.34. The Morgan fingerprint density at radius 3 is 2.68 bits per heavy atom. The van der Waals surface area contributed by atoms with E-state index >= 15 is 0 Å². The molecule has 92 valence electrons. The molecule has 1 heterocycles. The second kappa shape index (κ2) is 4.65. The number of rotatable bonds is 2. The lowest BCUT2D eigenvalue weighted by atomic mass is 10.2. The van der Waals surface area contributed by atoms with Gasteiger partial charge in [0, 0.05) is 21.2 Å². The number of benzene rings is 2. The van der Waals surface area contributed by atoms with Crippen LogP contribution in [0.2, 0.25) is 5.02 Å². The van der Waals surface area contributed by atoms with Crippen molar-refractivity contribution >= 4 is 28.4 Å². The summed E-state index contributed by atoms with van der Waals surface area (Å²) < 4.78 is 5.64. The minimum Gasteiger partial charge on any atom is -0.436 e. The van der Waals surface area contributed by atoms with E-state index in [1.54, 1.807) is 42.5 Å². The van der Waals surface area contributed by atoms with Crippen LogP contribution in [0.4, 0.5) is 5.69 Å². The predicted octanol–water partition coefficient (Wildman–Crippen LogP) is 5.09. The number of halogens is 1. The Labute approximate surface area is 113 Å². The van der Waals surface area contributed by atoms with E-state index in [0.717, 1.165) is 5.56 Å². The van der Waals surface area contributed by atoms with Crippen molar-refractivity contribution in [2.75, 3.05) is 0 Å². The summed E-state index contributed by atoms with van der Waals surface area (Å²) in [5, 5.41) is 4.12. The first kappa shape index (κ1) is 11.6. The van der Waals surface area contributed by atoms with Gasteiger partial charge in [0.1, 0.15) is 5.52 Å². The zero-order valence-corrected chi connectivity index (χ0v) is 10.4. The third-order valence-electron chi connectivity index (χ3n) is 2.62. The van der Waals surface area contributed by atoms with Crippen LogP contribution in [0, 0.1) is 0 Å². The molecular weight excluding hydrogens is 264 g/mol. The number of azide groups is 1. The van der Waals surface area contributed by atoms with Crippen LogP contribution in [-0.2, 0) is 0 Å².